The molecule has 0 aromatic rings. The smallest absolute Gasteiger partial charge is 0.0157 e. The summed E-state index contributed by atoms with van der Waals surface area (Å²) in [5, 5.41) is 8.30. The molecule has 3 fully saturated rings. The molecule has 0 aliphatic heterocycles. The van der Waals surface area contributed by atoms with E-state index in [-0.39, 0.29) is 11.0 Å². The normalized spacial score (nSPS) is 41.4. The summed E-state index contributed by atoms with van der Waals surface area (Å²) in [6, 6.07) is 0. The molecular weight excluding hydrogens is 202 g/mol. The largest absolute Gasteiger partial charge is 0.412 e. The van der Waals surface area contributed by atoms with Crippen LogP contribution in [0.2, 0.25) is 0 Å². The van der Waals surface area contributed by atoms with Crippen LogP contribution in [0.3, 0.4) is 0 Å². The van der Waals surface area contributed by atoms with Gasteiger partial charge in [0.1, 0.15) is 0 Å². The summed E-state index contributed by atoms with van der Waals surface area (Å²) in [4.78, 5) is 0. The van der Waals surface area contributed by atoms with Crippen molar-refractivity contribution in [2.75, 3.05) is 0 Å². The number of hydrogen-bond acceptors (Lipinski definition) is 1. The van der Waals surface area contributed by atoms with Gasteiger partial charge in [0.15, 0.2) is 0 Å². The average molecular weight is 227 g/mol. The lowest BCUT2D eigenvalue weighted by Crippen LogP contribution is -2.22. The Kier molecular flexibility index (Phi) is 4.51. The SMILES string of the molecule is N=C1C2CCCCC2C2CCCCC12.O.O. The maximum absolute atomic E-state index is 8.30. The van der Waals surface area contributed by atoms with Gasteiger partial charge in [-0.2, -0.15) is 0 Å². The lowest BCUT2D eigenvalue weighted by molar-refractivity contribution is 0.184. The van der Waals surface area contributed by atoms with Crippen LogP contribution in [0, 0.1) is 29.1 Å². The molecule has 3 aliphatic rings. The molecule has 0 amide bonds. The van der Waals surface area contributed by atoms with Crippen LogP contribution in [0.1, 0.15) is 51.4 Å². The maximum Gasteiger partial charge on any atom is 0.0157 e. The van der Waals surface area contributed by atoms with E-state index in [4.69, 9.17) is 5.41 Å². The summed E-state index contributed by atoms with van der Waals surface area (Å²) in [6.07, 6.45) is 11.2. The highest BCUT2D eigenvalue weighted by atomic mass is 16.0. The van der Waals surface area contributed by atoms with Crippen molar-refractivity contribution >= 4 is 5.71 Å². The summed E-state index contributed by atoms with van der Waals surface area (Å²) in [5.74, 6) is 3.30. The second-order valence-electron chi connectivity index (χ2n) is 5.56. The van der Waals surface area contributed by atoms with Crippen molar-refractivity contribution in [3.63, 3.8) is 0 Å². The standard InChI is InChI=1S/C13H21N.2H2O/c14-13-11-7-3-1-5-9(11)10-6-2-4-8-12(10)13;;/h9-12,14H,1-8H2;2*1H2. The van der Waals surface area contributed by atoms with Crippen LogP contribution in [0.4, 0.5) is 0 Å². The number of nitrogens with one attached hydrogen (secondary N) is 1. The molecule has 16 heavy (non-hydrogen) atoms. The molecule has 0 saturated heterocycles. The van der Waals surface area contributed by atoms with Crippen LogP contribution < -0.4 is 0 Å². The molecule has 4 atom stereocenters. The molecular formula is C13H25NO2. The van der Waals surface area contributed by atoms with E-state index < -0.39 is 0 Å². The Morgan fingerprint density at radius 3 is 1.50 bits per heavy atom. The number of fused-ring (bicyclic) bond motifs is 3. The van der Waals surface area contributed by atoms with E-state index in [1.165, 1.54) is 57.1 Å². The molecule has 0 radical (unpaired) electrons. The molecule has 0 bridgehead atoms. The van der Waals surface area contributed by atoms with Crippen LogP contribution in [-0.2, 0) is 0 Å². The summed E-state index contributed by atoms with van der Waals surface area (Å²) >= 11 is 0. The van der Waals surface area contributed by atoms with Gasteiger partial charge in [-0.25, -0.2) is 0 Å². The summed E-state index contributed by atoms with van der Waals surface area (Å²) < 4.78 is 0. The van der Waals surface area contributed by atoms with Gasteiger partial charge < -0.3 is 16.4 Å². The first-order valence-corrected chi connectivity index (χ1v) is 6.46. The third-order valence-corrected chi connectivity index (χ3v) is 4.99. The van der Waals surface area contributed by atoms with Gasteiger partial charge in [-0.15, -0.1) is 0 Å². The third-order valence-electron chi connectivity index (χ3n) is 4.99. The lowest BCUT2D eigenvalue weighted by atomic mass is 9.73. The van der Waals surface area contributed by atoms with Crippen molar-refractivity contribution < 1.29 is 11.0 Å². The van der Waals surface area contributed by atoms with Gasteiger partial charge in [0.2, 0.25) is 0 Å². The van der Waals surface area contributed by atoms with E-state index in [1.54, 1.807) is 0 Å². The van der Waals surface area contributed by atoms with Crippen LogP contribution in [0.25, 0.3) is 0 Å². The van der Waals surface area contributed by atoms with Crippen LogP contribution in [0.15, 0.2) is 0 Å². The van der Waals surface area contributed by atoms with Crippen LogP contribution >= 0.6 is 0 Å². The minimum atomic E-state index is 0. The zero-order chi connectivity index (χ0) is 9.54. The number of rotatable bonds is 0. The van der Waals surface area contributed by atoms with E-state index in [1.807, 2.05) is 0 Å². The van der Waals surface area contributed by atoms with Gasteiger partial charge in [0.25, 0.3) is 0 Å². The fourth-order valence-corrected chi connectivity index (χ4v) is 4.39. The van der Waals surface area contributed by atoms with Gasteiger partial charge in [0.05, 0.1) is 0 Å². The molecule has 3 heteroatoms. The Hall–Kier alpha value is -0.410. The Morgan fingerprint density at radius 2 is 1.06 bits per heavy atom. The molecule has 3 saturated carbocycles. The highest BCUT2D eigenvalue weighted by Gasteiger charge is 2.47. The second-order valence-corrected chi connectivity index (χ2v) is 5.56. The van der Waals surface area contributed by atoms with Crippen molar-refractivity contribution in [1.82, 2.24) is 0 Å². The van der Waals surface area contributed by atoms with Gasteiger partial charge in [0, 0.05) is 5.71 Å². The Labute approximate surface area is 97.7 Å². The summed E-state index contributed by atoms with van der Waals surface area (Å²) in [6.45, 7) is 0. The molecule has 0 aromatic carbocycles. The van der Waals surface area contributed by atoms with Gasteiger partial charge in [-0.1, -0.05) is 25.7 Å². The minimum Gasteiger partial charge on any atom is -0.412 e. The molecule has 0 spiro atoms. The quantitative estimate of drug-likeness (QED) is 0.656. The molecule has 0 heterocycles. The molecule has 3 aliphatic carbocycles. The van der Waals surface area contributed by atoms with E-state index in [9.17, 15) is 0 Å². The predicted octanol–water partition coefficient (Wildman–Crippen LogP) is 1.98. The first-order chi connectivity index (χ1) is 6.88. The molecule has 3 nitrogen and oxygen atoms in total. The summed E-state index contributed by atoms with van der Waals surface area (Å²) in [7, 11) is 0. The third kappa shape index (κ3) is 1.91. The van der Waals surface area contributed by atoms with Gasteiger partial charge in [-0.05, 0) is 49.4 Å². The van der Waals surface area contributed by atoms with Crippen LogP contribution in [0.5, 0.6) is 0 Å². The molecule has 0 aromatic heterocycles. The van der Waals surface area contributed by atoms with Crippen molar-refractivity contribution in [2.24, 2.45) is 23.7 Å². The first-order valence-electron chi connectivity index (χ1n) is 6.46. The van der Waals surface area contributed by atoms with Gasteiger partial charge >= 0.3 is 0 Å². The van der Waals surface area contributed by atoms with Crippen molar-refractivity contribution in [2.45, 2.75) is 51.4 Å². The fraction of sp³-hybridized carbons (Fsp3) is 0.923. The highest BCUT2D eigenvalue weighted by Crippen LogP contribution is 2.52. The second kappa shape index (κ2) is 5.28. The Balaban J connectivity index is 0.000000640. The topological polar surface area (TPSA) is 86.8 Å². The van der Waals surface area contributed by atoms with Crippen molar-refractivity contribution in [3.8, 4) is 0 Å². The minimum absolute atomic E-state index is 0. The number of hydrogen-bond donors (Lipinski definition) is 1. The first kappa shape index (κ1) is 13.7. The van der Waals surface area contributed by atoms with E-state index in [0.717, 1.165) is 23.7 Å². The molecule has 94 valence electrons. The lowest BCUT2D eigenvalue weighted by Gasteiger charge is -2.31. The highest BCUT2D eigenvalue weighted by molar-refractivity contribution is 5.89. The van der Waals surface area contributed by atoms with Crippen molar-refractivity contribution in [3.05, 3.63) is 0 Å². The Bertz CT molecular complexity index is 230. The van der Waals surface area contributed by atoms with E-state index in [2.05, 4.69) is 0 Å². The van der Waals surface area contributed by atoms with Gasteiger partial charge in [-0.3, -0.25) is 0 Å². The van der Waals surface area contributed by atoms with E-state index >= 15 is 0 Å². The Morgan fingerprint density at radius 1 is 0.688 bits per heavy atom. The zero-order valence-electron chi connectivity index (χ0n) is 9.97. The van der Waals surface area contributed by atoms with E-state index in [0.29, 0.717) is 0 Å². The fourth-order valence-electron chi connectivity index (χ4n) is 4.39. The predicted molar refractivity (Wildman–Crippen MR) is 65.9 cm³/mol. The van der Waals surface area contributed by atoms with Crippen LogP contribution in [-0.4, -0.2) is 16.7 Å². The van der Waals surface area contributed by atoms with Crippen molar-refractivity contribution in [1.29, 1.82) is 5.41 Å². The maximum atomic E-state index is 8.30. The molecule has 4 unspecified atom stereocenters. The summed E-state index contributed by atoms with van der Waals surface area (Å²) in [5.41, 5.74) is 1.17. The molecule has 3 rings (SSSR count). The average Bonchev–Trinajstić information content (AvgIpc) is 2.55. The zero-order valence-corrected chi connectivity index (χ0v) is 9.97. The monoisotopic (exact) mass is 227 g/mol. The molecule has 5 N–H and O–H groups in total.